The zero-order valence-corrected chi connectivity index (χ0v) is 14.1. The molecule has 23 heavy (non-hydrogen) atoms. The molecule has 3 rings (SSSR count). The Morgan fingerprint density at radius 1 is 1.35 bits per heavy atom. The van der Waals surface area contributed by atoms with Crippen molar-refractivity contribution in [2.45, 2.75) is 43.6 Å². The van der Waals surface area contributed by atoms with Crippen molar-refractivity contribution >= 4 is 6.03 Å². The Morgan fingerprint density at radius 2 is 2.04 bits per heavy atom. The highest BCUT2D eigenvalue weighted by atomic mass is 16.5. The zero-order valence-electron chi connectivity index (χ0n) is 14.1. The largest absolute Gasteiger partial charge is 0.367 e. The molecule has 3 N–H and O–H groups in total. The summed E-state index contributed by atoms with van der Waals surface area (Å²) in [5.74, 6) is 0. The van der Waals surface area contributed by atoms with Crippen LogP contribution in [0.15, 0.2) is 24.3 Å². The maximum absolute atomic E-state index is 12.1. The first-order valence-electron chi connectivity index (χ1n) is 8.17. The zero-order chi connectivity index (χ0) is 16.9. The lowest BCUT2D eigenvalue weighted by Crippen LogP contribution is -2.74. The predicted molar refractivity (Wildman–Crippen MR) is 87.7 cm³/mol. The summed E-state index contributed by atoms with van der Waals surface area (Å²) in [5.41, 5.74) is -0.227. The number of hydrogen-bond donors (Lipinski definition) is 3. The lowest BCUT2D eigenvalue weighted by molar-refractivity contribution is -0.0919. The number of urea groups is 1. The molecule has 0 aromatic rings. The number of β-amino-alcohol motifs (C(OH)–C–C–N with tert-alkyl or cyclic N) is 2. The first-order valence-corrected chi connectivity index (χ1v) is 8.17. The maximum atomic E-state index is 12.1. The van der Waals surface area contributed by atoms with E-state index in [9.17, 15) is 4.79 Å². The van der Waals surface area contributed by atoms with Gasteiger partial charge in [0.2, 0.25) is 0 Å². The third kappa shape index (κ3) is 2.49. The highest BCUT2D eigenvalue weighted by Gasteiger charge is 2.65. The molecule has 6 heteroatoms. The van der Waals surface area contributed by atoms with E-state index < -0.39 is 6.29 Å². The Bertz CT molecular complexity index is 549. The van der Waals surface area contributed by atoms with Crippen molar-refractivity contribution in [3.8, 4) is 0 Å². The first kappa shape index (κ1) is 16.5. The van der Waals surface area contributed by atoms with Crippen LogP contribution in [0.1, 0.15) is 26.2 Å². The SMILES string of the molecule is CN(C)[C@]1([C@]2(C)C=CC=CC2)C[C@]2(CN(CC(O)O)C(=O)N2)C1. The van der Waals surface area contributed by atoms with Crippen molar-refractivity contribution in [1.82, 2.24) is 15.1 Å². The molecule has 0 bridgehead atoms. The first-order chi connectivity index (χ1) is 10.7. The number of carbonyl (C=O) groups is 1. The Hall–Kier alpha value is -1.37. The average Bonchev–Trinajstić information content (AvgIpc) is 2.73. The molecule has 1 aliphatic heterocycles. The fourth-order valence-electron chi connectivity index (χ4n) is 4.70. The highest BCUT2D eigenvalue weighted by Crippen LogP contribution is 2.58. The second kappa shape index (κ2) is 5.33. The summed E-state index contributed by atoms with van der Waals surface area (Å²) in [6.45, 7) is 2.78. The van der Waals surface area contributed by atoms with E-state index in [0.717, 1.165) is 19.3 Å². The van der Waals surface area contributed by atoms with E-state index in [4.69, 9.17) is 10.2 Å². The van der Waals surface area contributed by atoms with Gasteiger partial charge in [0.25, 0.3) is 0 Å². The van der Waals surface area contributed by atoms with E-state index in [2.05, 4.69) is 55.5 Å². The van der Waals surface area contributed by atoms with Gasteiger partial charge in [0.1, 0.15) is 0 Å². The van der Waals surface area contributed by atoms with E-state index in [-0.39, 0.29) is 29.1 Å². The minimum atomic E-state index is -1.49. The minimum Gasteiger partial charge on any atom is -0.367 e. The van der Waals surface area contributed by atoms with Crippen molar-refractivity contribution in [3.63, 3.8) is 0 Å². The monoisotopic (exact) mass is 321 g/mol. The molecular formula is C17H27N3O3. The Labute approximate surface area is 137 Å². The van der Waals surface area contributed by atoms with Crippen molar-refractivity contribution in [3.05, 3.63) is 24.3 Å². The van der Waals surface area contributed by atoms with Gasteiger partial charge in [-0.3, -0.25) is 0 Å². The van der Waals surface area contributed by atoms with E-state index in [0.29, 0.717) is 6.54 Å². The van der Waals surface area contributed by atoms with Crippen LogP contribution in [-0.4, -0.2) is 70.6 Å². The summed E-state index contributed by atoms with van der Waals surface area (Å²) < 4.78 is 0. The van der Waals surface area contributed by atoms with Crippen LogP contribution in [0.25, 0.3) is 0 Å². The van der Waals surface area contributed by atoms with Gasteiger partial charge in [-0.2, -0.15) is 0 Å². The summed E-state index contributed by atoms with van der Waals surface area (Å²) in [5, 5.41) is 21.4. The number of amides is 2. The maximum Gasteiger partial charge on any atom is 0.318 e. The van der Waals surface area contributed by atoms with Gasteiger partial charge in [0, 0.05) is 17.5 Å². The predicted octanol–water partition coefficient (Wildman–Crippen LogP) is 0.678. The van der Waals surface area contributed by atoms with E-state index in [1.165, 1.54) is 4.90 Å². The van der Waals surface area contributed by atoms with Crippen LogP contribution in [0.4, 0.5) is 4.79 Å². The highest BCUT2D eigenvalue weighted by molar-refractivity contribution is 5.78. The summed E-state index contributed by atoms with van der Waals surface area (Å²) in [6, 6.07) is -0.199. The summed E-state index contributed by atoms with van der Waals surface area (Å²) >= 11 is 0. The molecule has 2 amide bonds. The van der Waals surface area contributed by atoms with Gasteiger partial charge in [-0.1, -0.05) is 31.2 Å². The molecule has 1 saturated heterocycles. The molecule has 0 aromatic carbocycles. The van der Waals surface area contributed by atoms with Crippen LogP contribution < -0.4 is 5.32 Å². The summed E-state index contributed by atoms with van der Waals surface area (Å²) in [6.07, 6.45) is 9.92. The molecule has 3 aliphatic rings. The number of rotatable bonds is 4. The molecule has 128 valence electrons. The number of allylic oxidation sites excluding steroid dienone is 3. The smallest absolute Gasteiger partial charge is 0.318 e. The summed E-state index contributed by atoms with van der Waals surface area (Å²) in [4.78, 5) is 15.9. The van der Waals surface area contributed by atoms with E-state index in [1.54, 1.807) is 0 Å². The topological polar surface area (TPSA) is 76.0 Å². The lowest BCUT2D eigenvalue weighted by Gasteiger charge is -2.64. The summed E-state index contributed by atoms with van der Waals surface area (Å²) in [7, 11) is 4.21. The van der Waals surface area contributed by atoms with Gasteiger partial charge in [-0.25, -0.2) is 4.79 Å². The molecule has 6 nitrogen and oxygen atoms in total. The normalized spacial score (nSPS) is 39.4. The average molecular weight is 321 g/mol. The second-order valence-corrected chi connectivity index (χ2v) is 7.76. The molecule has 1 spiro atoms. The quantitative estimate of drug-likeness (QED) is 0.666. The molecular weight excluding hydrogens is 294 g/mol. The molecule has 0 radical (unpaired) electrons. The number of hydrogen-bond acceptors (Lipinski definition) is 4. The minimum absolute atomic E-state index is 0.00458. The van der Waals surface area contributed by atoms with Gasteiger partial charge in [0.05, 0.1) is 12.1 Å². The second-order valence-electron chi connectivity index (χ2n) is 7.76. The molecule has 1 saturated carbocycles. The third-order valence-electron chi connectivity index (χ3n) is 5.97. The Kier molecular flexibility index (Phi) is 3.82. The fourth-order valence-corrected chi connectivity index (χ4v) is 4.70. The van der Waals surface area contributed by atoms with Crippen molar-refractivity contribution in [1.29, 1.82) is 0 Å². The molecule has 1 atom stereocenters. The van der Waals surface area contributed by atoms with Gasteiger partial charge in [-0.05, 0) is 33.4 Å². The fraction of sp³-hybridized carbons (Fsp3) is 0.706. The van der Waals surface area contributed by atoms with Crippen LogP contribution in [0.3, 0.4) is 0 Å². The lowest BCUT2D eigenvalue weighted by atomic mass is 9.50. The number of carbonyl (C=O) groups excluding carboxylic acids is 1. The van der Waals surface area contributed by atoms with Gasteiger partial charge < -0.3 is 25.3 Å². The van der Waals surface area contributed by atoms with E-state index >= 15 is 0 Å². The van der Waals surface area contributed by atoms with Crippen molar-refractivity contribution in [2.75, 3.05) is 27.2 Å². The van der Waals surface area contributed by atoms with Gasteiger partial charge in [0.15, 0.2) is 6.29 Å². The molecule has 1 heterocycles. The Balaban J connectivity index is 1.78. The third-order valence-corrected chi connectivity index (χ3v) is 5.97. The molecule has 0 aromatic heterocycles. The number of nitrogens with zero attached hydrogens (tertiary/aromatic N) is 2. The number of aliphatic hydroxyl groups is 2. The van der Waals surface area contributed by atoms with Crippen molar-refractivity contribution in [2.24, 2.45) is 5.41 Å². The van der Waals surface area contributed by atoms with Crippen LogP contribution in [-0.2, 0) is 0 Å². The van der Waals surface area contributed by atoms with Gasteiger partial charge in [-0.15, -0.1) is 0 Å². The van der Waals surface area contributed by atoms with Crippen LogP contribution >= 0.6 is 0 Å². The van der Waals surface area contributed by atoms with Crippen molar-refractivity contribution < 1.29 is 15.0 Å². The molecule has 2 aliphatic carbocycles. The Morgan fingerprint density at radius 3 is 2.57 bits per heavy atom. The standard InChI is InChI=1S/C17H27N3O3/c1-15(7-5-4-6-8-15)17(19(2)3)10-16(11-17)12-20(9-13(21)22)14(23)18-16/h4-7,13,21-22H,8-12H2,1-3H3,(H,18,23)/t15-,16-,17-/m1/s1. The number of nitrogens with one attached hydrogen (secondary N) is 1. The van der Waals surface area contributed by atoms with Crippen LogP contribution in [0, 0.1) is 5.41 Å². The van der Waals surface area contributed by atoms with Gasteiger partial charge >= 0.3 is 6.03 Å². The van der Waals surface area contributed by atoms with Crippen LogP contribution in [0.2, 0.25) is 0 Å². The van der Waals surface area contributed by atoms with E-state index in [1.807, 2.05) is 0 Å². The number of aliphatic hydroxyl groups excluding tert-OH is 1. The molecule has 0 unspecified atom stereocenters. The van der Waals surface area contributed by atoms with Crippen LogP contribution in [0.5, 0.6) is 0 Å². The molecule has 2 fully saturated rings.